The number of aromatic nitrogens is 1. The molecule has 1 radical (unpaired) electrons. The van der Waals surface area contributed by atoms with Crippen molar-refractivity contribution in [1.82, 2.24) is 9.88 Å². The van der Waals surface area contributed by atoms with Crippen molar-refractivity contribution in [3.05, 3.63) is 35.8 Å². The average molecular weight is 227 g/mol. The molecule has 0 bridgehead atoms. The van der Waals surface area contributed by atoms with Crippen LogP contribution in [-0.2, 0) is 0 Å². The summed E-state index contributed by atoms with van der Waals surface area (Å²) in [7, 11) is 3.98. The minimum Gasteiger partial charge on any atom is -0.297 e. The first-order valence-electron chi connectivity index (χ1n) is 4.39. The van der Waals surface area contributed by atoms with Gasteiger partial charge in [-0.25, -0.2) is 0 Å². The molecule has 2 nitrogen and oxygen atoms in total. The molecule has 1 heterocycles. The van der Waals surface area contributed by atoms with Gasteiger partial charge in [-0.3, -0.25) is 9.88 Å². The summed E-state index contributed by atoms with van der Waals surface area (Å²) in [5, 5.41) is 0.0994. The molecule has 0 N–H and O–H groups in total. The minimum atomic E-state index is 0.0994. The van der Waals surface area contributed by atoms with Gasteiger partial charge >= 0.3 is 0 Å². The Morgan fingerprint density at radius 2 is 2.14 bits per heavy atom. The molecular formula is C10H15N2S2. The van der Waals surface area contributed by atoms with Crippen LogP contribution in [0.15, 0.2) is 24.4 Å². The Morgan fingerprint density at radius 3 is 2.57 bits per heavy atom. The van der Waals surface area contributed by atoms with E-state index in [1.54, 1.807) is 6.20 Å². The molecular weight excluding hydrogens is 212 g/mol. The van der Waals surface area contributed by atoms with Crippen LogP contribution in [0.3, 0.4) is 0 Å². The van der Waals surface area contributed by atoms with Crippen LogP contribution < -0.4 is 0 Å². The molecule has 0 aliphatic heterocycles. The van der Waals surface area contributed by atoms with Gasteiger partial charge in [0.2, 0.25) is 0 Å². The van der Waals surface area contributed by atoms with Crippen molar-refractivity contribution in [3.63, 3.8) is 0 Å². The zero-order valence-electron chi connectivity index (χ0n) is 8.33. The second-order valence-electron chi connectivity index (χ2n) is 3.31. The van der Waals surface area contributed by atoms with Gasteiger partial charge in [-0.1, -0.05) is 6.07 Å². The van der Waals surface area contributed by atoms with Crippen molar-refractivity contribution in [1.29, 1.82) is 0 Å². The lowest BCUT2D eigenvalue weighted by Crippen LogP contribution is -2.29. The van der Waals surface area contributed by atoms with Gasteiger partial charge in [0.15, 0.2) is 0 Å². The van der Waals surface area contributed by atoms with Crippen LogP contribution in [-0.4, -0.2) is 29.4 Å². The predicted molar refractivity (Wildman–Crippen MR) is 66.7 cm³/mol. The monoisotopic (exact) mass is 227 g/mol. The van der Waals surface area contributed by atoms with Crippen molar-refractivity contribution >= 4 is 25.3 Å². The smallest absolute Gasteiger partial charge is 0.0618 e. The first-order valence-corrected chi connectivity index (χ1v) is 5.43. The fourth-order valence-corrected chi connectivity index (χ4v) is 1.89. The molecule has 1 aromatic rings. The first-order chi connectivity index (χ1) is 6.66. The van der Waals surface area contributed by atoms with Gasteiger partial charge in [-0.15, -0.1) is 0 Å². The quantitative estimate of drug-likeness (QED) is 0.605. The molecule has 0 spiro atoms. The maximum absolute atomic E-state index is 4.52. The number of thiol groups is 2. The number of pyridine rings is 1. The summed E-state index contributed by atoms with van der Waals surface area (Å²) in [6, 6.07) is 5.87. The van der Waals surface area contributed by atoms with Gasteiger partial charge in [0, 0.05) is 23.6 Å². The summed E-state index contributed by atoms with van der Waals surface area (Å²) in [4.78, 5) is 6.33. The normalized spacial score (nSPS) is 15.5. The molecule has 0 fully saturated rings. The summed E-state index contributed by atoms with van der Waals surface area (Å²) in [5.74, 6) is 1.97. The molecule has 0 aromatic carbocycles. The SMILES string of the molecule is CN(C)C(S)C([CH]S)c1ccccn1. The average Bonchev–Trinajstić information content (AvgIpc) is 2.20. The van der Waals surface area contributed by atoms with Gasteiger partial charge < -0.3 is 0 Å². The van der Waals surface area contributed by atoms with E-state index in [2.05, 4.69) is 30.2 Å². The first kappa shape index (κ1) is 11.9. The van der Waals surface area contributed by atoms with E-state index >= 15 is 0 Å². The Bertz CT molecular complexity index is 264. The maximum atomic E-state index is 4.52. The molecule has 0 aliphatic carbocycles. The van der Waals surface area contributed by atoms with Crippen molar-refractivity contribution in [2.24, 2.45) is 0 Å². The van der Waals surface area contributed by atoms with Gasteiger partial charge in [0.05, 0.1) is 5.37 Å². The molecule has 0 aliphatic rings. The third-order valence-corrected chi connectivity index (χ3v) is 3.14. The van der Waals surface area contributed by atoms with Gasteiger partial charge in [-0.2, -0.15) is 25.3 Å². The van der Waals surface area contributed by atoms with Crippen LogP contribution in [0.2, 0.25) is 0 Å². The van der Waals surface area contributed by atoms with E-state index in [-0.39, 0.29) is 11.3 Å². The van der Waals surface area contributed by atoms with Gasteiger partial charge in [0.1, 0.15) is 0 Å². The molecule has 77 valence electrons. The Labute approximate surface area is 96.5 Å². The zero-order valence-corrected chi connectivity index (χ0v) is 10.1. The number of nitrogens with zero attached hydrogens (tertiary/aromatic N) is 2. The largest absolute Gasteiger partial charge is 0.297 e. The second kappa shape index (κ2) is 5.63. The van der Waals surface area contributed by atoms with Crippen molar-refractivity contribution in [2.75, 3.05) is 14.1 Å². The lowest BCUT2D eigenvalue weighted by Gasteiger charge is -2.26. The van der Waals surface area contributed by atoms with Gasteiger partial charge in [-0.05, 0) is 26.2 Å². The molecule has 1 rings (SSSR count). The molecule has 2 unspecified atom stereocenters. The summed E-state index contributed by atoms with van der Waals surface area (Å²) in [6.07, 6.45) is 1.79. The summed E-state index contributed by atoms with van der Waals surface area (Å²) in [5.41, 5.74) is 0.996. The molecule has 14 heavy (non-hydrogen) atoms. The zero-order chi connectivity index (χ0) is 10.6. The molecule has 0 saturated carbocycles. The van der Waals surface area contributed by atoms with Crippen LogP contribution in [0.4, 0.5) is 0 Å². The maximum Gasteiger partial charge on any atom is 0.0618 e. The highest BCUT2D eigenvalue weighted by molar-refractivity contribution is 7.83. The fourth-order valence-electron chi connectivity index (χ4n) is 1.20. The molecule has 0 saturated heterocycles. The highest BCUT2D eigenvalue weighted by Gasteiger charge is 2.21. The van der Waals surface area contributed by atoms with E-state index in [1.165, 1.54) is 0 Å². The van der Waals surface area contributed by atoms with Gasteiger partial charge in [0.25, 0.3) is 0 Å². The predicted octanol–water partition coefficient (Wildman–Crippen LogP) is 2.07. The molecule has 0 amide bonds. The Hall–Kier alpha value is -0.190. The lowest BCUT2D eigenvalue weighted by molar-refractivity contribution is 0.359. The lowest BCUT2D eigenvalue weighted by atomic mass is 10.1. The molecule has 4 heteroatoms. The van der Waals surface area contributed by atoms with E-state index in [0.717, 1.165) is 5.69 Å². The minimum absolute atomic E-state index is 0.0994. The number of hydrogen-bond acceptors (Lipinski definition) is 4. The third-order valence-electron chi connectivity index (χ3n) is 2.04. The Kier molecular flexibility index (Phi) is 4.78. The van der Waals surface area contributed by atoms with Crippen LogP contribution in [0.25, 0.3) is 0 Å². The third kappa shape index (κ3) is 2.90. The standard InChI is InChI=1S/C10H15N2S2/c1-12(2)10(14)8(7-13)9-5-3-4-6-11-9/h3-8,10,13-14H,1-2H3. The highest BCUT2D eigenvalue weighted by atomic mass is 32.1. The van der Waals surface area contributed by atoms with E-state index < -0.39 is 0 Å². The topological polar surface area (TPSA) is 16.1 Å². The number of rotatable bonds is 4. The summed E-state index contributed by atoms with van der Waals surface area (Å²) in [6.45, 7) is 0. The Balaban J connectivity index is 2.82. The molecule has 1 aromatic heterocycles. The summed E-state index contributed by atoms with van der Waals surface area (Å²) < 4.78 is 0. The highest BCUT2D eigenvalue weighted by Crippen LogP contribution is 2.27. The van der Waals surface area contributed by atoms with Crippen LogP contribution in [0.5, 0.6) is 0 Å². The van der Waals surface area contributed by atoms with Crippen molar-refractivity contribution in [3.8, 4) is 0 Å². The van der Waals surface area contributed by atoms with Crippen molar-refractivity contribution in [2.45, 2.75) is 11.3 Å². The fraction of sp³-hybridized carbons (Fsp3) is 0.400. The van der Waals surface area contributed by atoms with E-state index in [4.69, 9.17) is 0 Å². The van der Waals surface area contributed by atoms with Crippen LogP contribution in [0.1, 0.15) is 11.6 Å². The van der Waals surface area contributed by atoms with Crippen LogP contribution >= 0.6 is 25.3 Å². The van der Waals surface area contributed by atoms with Crippen molar-refractivity contribution < 1.29 is 0 Å². The number of hydrogen-bond donors (Lipinski definition) is 2. The van der Waals surface area contributed by atoms with E-state index in [0.29, 0.717) is 0 Å². The van der Waals surface area contributed by atoms with Crippen LogP contribution in [0, 0.1) is 5.75 Å². The summed E-state index contributed by atoms with van der Waals surface area (Å²) >= 11 is 8.74. The second-order valence-corrected chi connectivity index (χ2v) is 4.13. The number of likely N-dealkylation sites (N-methyl/N-ethyl adjacent to an activating group) is 1. The Morgan fingerprint density at radius 1 is 1.43 bits per heavy atom. The van der Waals surface area contributed by atoms with E-state index in [1.807, 2.05) is 42.9 Å². The molecule has 2 atom stereocenters. The van der Waals surface area contributed by atoms with E-state index in [9.17, 15) is 0 Å².